The molecule has 0 amide bonds. The number of halogens is 1. The van der Waals surface area contributed by atoms with Crippen molar-refractivity contribution in [2.75, 3.05) is 6.01 Å². The van der Waals surface area contributed by atoms with E-state index in [2.05, 4.69) is 0 Å². The van der Waals surface area contributed by atoms with Gasteiger partial charge in [-0.15, -0.1) is 0 Å². The molecule has 0 aliphatic heterocycles. The Hall–Kier alpha value is 1.24. The van der Waals surface area contributed by atoms with Crippen LogP contribution in [0.1, 0.15) is 0 Å². The second-order valence-electron chi connectivity index (χ2n) is 0.227. The molecular formula is CH2FNaOS. The van der Waals surface area contributed by atoms with Gasteiger partial charge in [-0.05, 0) is 0 Å². The van der Waals surface area contributed by atoms with Crippen LogP contribution in [0.3, 0.4) is 0 Å². The predicted molar refractivity (Wildman–Crippen MR) is 14.3 cm³/mol. The van der Waals surface area contributed by atoms with Crippen molar-refractivity contribution in [3.05, 3.63) is 0 Å². The molecule has 0 aliphatic rings. The van der Waals surface area contributed by atoms with Crippen LogP contribution in [0.2, 0.25) is 0 Å². The Balaban J connectivity index is 0. The zero-order chi connectivity index (χ0) is 3.41. The average Bonchev–Trinajstić information content (AvgIpc) is 1.37. The van der Waals surface area contributed by atoms with Crippen LogP contribution in [0.5, 0.6) is 0 Å². The fourth-order valence-corrected chi connectivity index (χ4v) is 0. The van der Waals surface area contributed by atoms with Gasteiger partial charge in [0.2, 0.25) is 0 Å². The van der Waals surface area contributed by atoms with Crippen LogP contribution in [0.15, 0.2) is 0 Å². The maximum atomic E-state index is 10.4. The molecule has 0 bridgehead atoms. The molecule has 0 aromatic heterocycles. The number of rotatable bonds is 1. The first-order valence-corrected chi connectivity index (χ1v) is 1.63. The van der Waals surface area contributed by atoms with Crippen molar-refractivity contribution in [1.82, 2.24) is 0 Å². The van der Waals surface area contributed by atoms with Crippen molar-refractivity contribution in [3.8, 4) is 0 Å². The topological polar surface area (TPSA) is 23.1 Å². The zero-order valence-corrected chi connectivity index (χ0v) is 5.72. The van der Waals surface area contributed by atoms with Gasteiger partial charge in [-0.2, -0.15) is 0 Å². The van der Waals surface area contributed by atoms with Crippen molar-refractivity contribution in [1.29, 1.82) is 0 Å². The van der Waals surface area contributed by atoms with Crippen LogP contribution in [-0.2, 0) is 0 Å². The quantitative estimate of drug-likeness (QED) is 0.278. The van der Waals surface area contributed by atoms with E-state index in [0.29, 0.717) is 0 Å². The average molecular weight is 104 g/mol. The Kier molecular flexibility index (Phi) is 17.1. The first-order chi connectivity index (χ1) is 1.91. The Bertz CT molecular complexity index is 13.6. The van der Waals surface area contributed by atoms with Crippen LogP contribution in [0.25, 0.3) is 0 Å². The monoisotopic (exact) mass is 104 g/mol. The van der Waals surface area contributed by atoms with Gasteiger partial charge in [0, 0.05) is 0 Å². The molecule has 0 heterocycles. The van der Waals surface area contributed by atoms with Gasteiger partial charge in [-0.1, -0.05) is 0 Å². The standard InChI is InChI=1S/CH3FOS.Na/c2-1-4-3;/h3H,1H2;/q;+1/p-1. The summed E-state index contributed by atoms with van der Waals surface area (Å²) in [6.07, 6.45) is 0. The molecular weight excluding hydrogens is 102 g/mol. The molecule has 0 atom stereocenters. The van der Waals surface area contributed by atoms with Crippen molar-refractivity contribution in [2.24, 2.45) is 0 Å². The van der Waals surface area contributed by atoms with E-state index in [9.17, 15) is 4.39 Å². The van der Waals surface area contributed by atoms with Gasteiger partial charge in [-0.3, -0.25) is 0 Å². The third-order valence-corrected chi connectivity index (χ3v) is 0.134. The number of hydrogen-bond donors (Lipinski definition) is 0. The summed E-state index contributed by atoms with van der Waals surface area (Å²) in [6, 6.07) is -0.819. The van der Waals surface area contributed by atoms with Crippen LogP contribution in [-0.4, -0.2) is 10.6 Å². The molecule has 0 radical (unpaired) electrons. The van der Waals surface area contributed by atoms with Crippen molar-refractivity contribution < 1.29 is 38.5 Å². The third kappa shape index (κ3) is 11.0. The maximum Gasteiger partial charge on any atom is 1.00 e. The summed E-state index contributed by atoms with van der Waals surface area (Å²) in [7, 11) is 0. The van der Waals surface area contributed by atoms with Gasteiger partial charge < -0.3 is 4.55 Å². The molecule has 0 saturated heterocycles. The van der Waals surface area contributed by atoms with Crippen LogP contribution in [0, 0.1) is 0 Å². The molecule has 0 saturated carbocycles. The molecule has 0 aliphatic carbocycles. The van der Waals surface area contributed by atoms with Gasteiger partial charge in [0.05, 0.1) is 0 Å². The SMILES string of the molecule is [Na+].[O-]SCF. The molecule has 0 spiro atoms. The van der Waals surface area contributed by atoms with Crippen molar-refractivity contribution in [3.63, 3.8) is 0 Å². The van der Waals surface area contributed by atoms with E-state index in [4.69, 9.17) is 4.55 Å². The summed E-state index contributed by atoms with van der Waals surface area (Å²) in [5, 5.41) is 0. The van der Waals surface area contributed by atoms with E-state index in [-0.39, 0.29) is 41.6 Å². The van der Waals surface area contributed by atoms with E-state index in [1.54, 1.807) is 0 Å². The minimum Gasteiger partial charge on any atom is -0.797 e. The number of alkyl halides is 1. The predicted octanol–water partition coefficient (Wildman–Crippen LogP) is -2.22. The summed E-state index contributed by atoms with van der Waals surface area (Å²) in [5.74, 6) is 0. The van der Waals surface area contributed by atoms with E-state index in [1.165, 1.54) is 0 Å². The fourth-order valence-electron chi connectivity index (χ4n) is 0. The molecule has 26 valence electrons. The maximum absolute atomic E-state index is 10.4. The van der Waals surface area contributed by atoms with Crippen molar-refractivity contribution >= 4 is 12.0 Å². The van der Waals surface area contributed by atoms with Crippen LogP contribution in [0.4, 0.5) is 4.39 Å². The number of hydrogen-bond acceptors (Lipinski definition) is 2. The van der Waals surface area contributed by atoms with E-state index >= 15 is 0 Å². The molecule has 0 rings (SSSR count). The molecule has 0 aromatic carbocycles. The Morgan fingerprint density at radius 2 is 2.00 bits per heavy atom. The first kappa shape index (κ1) is 9.53. The summed E-state index contributed by atoms with van der Waals surface area (Å²) in [4.78, 5) is 0. The molecule has 0 aromatic rings. The summed E-state index contributed by atoms with van der Waals surface area (Å²) in [5.41, 5.74) is 0. The molecule has 0 N–H and O–H groups in total. The molecule has 1 nitrogen and oxygen atoms in total. The summed E-state index contributed by atoms with van der Waals surface area (Å²) >= 11 is -0.0602. The van der Waals surface area contributed by atoms with Crippen LogP contribution < -0.4 is 29.6 Å². The van der Waals surface area contributed by atoms with Gasteiger partial charge in [0.1, 0.15) is 6.01 Å². The van der Waals surface area contributed by atoms with Crippen LogP contribution >= 0.6 is 12.0 Å². The Labute approximate surface area is 56.4 Å². The van der Waals surface area contributed by atoms with E-state index in [1.807, 2.05) is 0 Å². The zero-order valence-electron chi connectivity index (χ0n) is 2.90. The summed E-state index contributed by atoms with van der Waals surface area (Å²) < 4.78 is 19.2. The minimum atomic E-state index is -0.819. The van der Waals surface area contributed by atoms with E-state index < -0.39 is 6.01 Å². The van der Waals surface area contributed by atoms with Gasteiger partial charge >= 0.3 is 29.6 Å². The first-order valence-electron chi connectivity index (χ1n) is 0.723. The third-order valence-electron chi connectivity index (χ3n) is 0.0445. The fraction of sp³-hybridized carbons (Fsp3) is 1.00. The Morgan fingerprint density at radius 1 is 1.80 bits per heavy atom. The molecule has 0 fully saturated rings. The normalized spacial score (nSPS) is 6.00. The van der Waals surface area contributed by atoms with Crippen molar-refractivity contribution in [2.45, 2.75) is 0 Å². The smallest absolute Gasteiger partial charge is 0.797 e. The Morgan fingerprint density at radius 3 is 2.00 bits per heavy atom. The summed E-state index contributed by atoms with van der Waals surface area (Å²) in [6.45, 7) is 0. The van der Waals surface area contributed by atoms with Gasteiger partial charge in [0.25, 0.3) is 0 Å². The second kappa shape index (κ2) is 8.97. The minimum absolute atomic E-state index is 0. The van der Waals surface area contributed by atoms with E-state index in [0.717, 1.165) is 0 Å². The second-order valence-corrected chi connectivity index (χ2v) is 0.681. The molecule has 0 unspecified atom stereocenters. The molecule has 4 heteroatoms. The van der Waals surface area contributed by atoms with Gasteiger partial charge in [0.15, 0.2) is 0 Å². The molecule has 5 heavy (non-hydrogen) atoms. The van der Waals surface area contributed by atoms with Gasteiger partial charge in [-0.25, -0.2) is 16.4 Å². The largest absolute Gasteiger partial charge is 1.00 e.